The van der Waals surface area contributed by atoms with Gasteiger partial charge in [0.25, 0.3) is 0 Å². The van der Waals surface area contributed by atoms with Crippen molar-refractivity contribution >= 4 is 16.7 Å². The molecule has 2 aromatic carbocycles. The highest BCUT2D eigenvalue weighted by molar-refractivity contribution is 5.81. The maximum atomic E-state index is 5.56. The first-order valence-corrected chi connectivity index (χ1v) is 6.06. The summed E-state index contributed by atoms with van der Waals surface area (Å²) in [6.07, 6.45) is 1.85. The largest absolute Gasteiger partial charge is 0.464 e. The number of para-hydroxylation sites is 2. The van der Waals surface area contributed by atoms with Crippen LogP contribution < -0.4 is 4.90 Å². The molecule has 2 nitrogen and oxygen atoms in total. The van der Waals surface area contributed by atoms with E-state index in [0.717, 1.165) is 12.1 Å². The zero-order valence-corrected chi connectivity index (χ0v) is 10.3. The molecule has 90 valence electrons. The van der Waals surface area contributed by atoms with E-state index in [-0.39, 0.29) is 0 Å². The van der Waals surface area contributed by atoms with Gasteiger partial charge in [-0.1, -0.05) is 36.4 Å². The Hall–Kier alpha value is -2.22. The van der Waals surface area contributed by atoms with E-state index in [1.807, 2.05) is 30.5 Å². The van der Waals surface area contributed by atoms with Gasteiger partial charge in [0.05, 0.1) is 6.26 Å². The lowest BCUT2D eigenvalue weighted by Gasteiger charge is -2.18. The Morgan fingerprint density at radius 1 is 0.944 bits per heavy atom. The topological polar surface area (TPSA) is 16.4 Å². The number of rotatable bonds is 3. The Bertz CT molecular complexity index is 642. The average Bonchev–Trinajstić information content (AvgIpc) is 2.83. The number of nitrogens with zero attached hydrogens (tertiary/aromatic N) is 1. The molecule has 0 bridgehead atoms. The lowest BCUT2D eigenvalue weighted by molar-refractivity contribution is 0.610. The van der Waals surface area contributed by atoms with Crippen molar-refractivity contribution in [3.05, 3.63) is 66.4 Å². The van der Waals surface area contributed by atoms with Crippen LogP contribution in [0, 0.1) is 0 Å². The number of fused-ring (bicyclic) bond motifs is 1. The van der Waals surface area contributed by atoms with Crippen molar-refractivity contribution in [2.45, 2.75) is 6.54 Å². The minimum Gasteiger partial charge on any atom is -0.464 e. The number of hydrogen-bond donors (Lipinski definition) is 0. The van der Waals surface area contributed by atoms with E-state index in [0.29, 0.717) is 0 Å². The summed E-state index contributed by atoms with van der Waals surface area (Å²) in [4.78, 5) is 2.22. The first-order chi connectivity index (χ1) is 8.84. The molecule has 0 saturated carbocycles. The first kappa shape index (κ1) is 10.9. The smallest absolute Gasteiger partial charge is 0.134 e. The van der Waals surface area contributed by atoms with Crippen LogP contribution in [0.3, 0.4) is 0 Å². The minimum atomic E-state index is 0.848. The van der Waals surface area contributed by atoms with Gasteiger partial charge in [0.2, 0.25) is 0 Å². The summed E-state index contributed by atoms with van der Waals surface area (Å²) in [6.45, 7) is 0.848. The van der Waals surface area contributed by atoms with Crippen molar-refractivity contribution in [3.8, 4) is 0 Å². The highest BCUT2D eigenvalue weighted by Crippen LogP contribution is 2.23. The normalized spacial score (nSPS) is 10.7. The van der Waals surface area contributed by atoms with Crippen LogP contribution in [0.2, 0.25) is 0 Å². The van der Waals surface area contributed by atoms with Crippen molar-refractivity contribution in [3.63, 3.8) is 0 Å². The highest BCUT2D eigenvalue weighted by atomic mass is 16.3. The third-order valence-corrected chi connectivity index (χ3v) is 3.17. The van der Waals surface area contributed by atoms with Crippen LogP contribution in [0.1, 0.15) is 5.56 Å². The van der Waals surface area contributed by atoms with Crippen molar-refractivity contribution in [2.75, 3.05) is 11.9 Å². The summed E-state index contributed by atoms with van der Waals surface area (Å²) in [7, 11) is 2.09. The van der Waals surface area contributed by atoms with Crippen LogP contribution in [-0.2, 0) is 6.54 Å². The molecule has 0 saturated heterocycles. The molecule has 1 heterocycles. The van der Waals surface area contributed by atoms with Gasteiger partial charge in [0.15, 0.2) is 0 Å². The van der Waals surface area contributed by atoms with E-state index in [1.165, 1.54) is 16.6 Å². The molecule has 3 aromatic rings. The van der Waals surface area contributed by atoms with Gasteiger partial charge in [-0.3, -0.25) is 0 Å². The summed E-state index contributed by atoms with van der Waals surface area (Å²) >= 11 is 0. The number of furan rings is 1. The zero-order valence-electron chi connectivity index (χ0n) is 10.3. The fraction of sp³-hybridized carbons (Fsp3) is 0.125. The Morgan fingerprint density at radius 3 is 2.50 bits per heavy atom. The monoisotopic (exact) mass is 237 g/mol. The SMILES string of the molecule is CN(Cc1coc2ccccc12)c1ccccc1. The van der Waals surface area contributed by atoms with E-state index in [1.54, 1.807) is 0 Å². The van der Waals surface area contributed by atoms with Crippen molar-refractivity contribution < 1.29 is 4.42 Å². The van der Waals surface area contributed by atoms with E-state index < -0.39 is 0 Å². The lowest BCUT2D eigenvalue weighted by Crippen LogP contribution is -2.15. The Balaban J connectivity index is 1.89. The van der Waals surface area contributed by atoms with Crippen molar-refractivity contribution in [1.29, 1.82) is 0 Å². The molecule has 0 fully saturated rings. The molecule has 3 rings (SSSR count). The summed E-state index contributed by atoms with van der Waals surface area (Å²) < 4.78 is 5.56. The summed E-state index contributed by atoms with van der Waals surface area (Å²) in [5, 5.41) is 1.19. The summed E-state index contributed by atoms with van der Waals surface area (Å²) in [6, 6.07) is 18.5. The molecule has 1 aromatic heterocycles. The second kappa shape index (κ2) is 4.57. The highest BCUT2D eigenvalue weighted by Gasteiger charge is 2.07. The van der Waals surface area contributed by atoms with Gasteiger partial charge in [-0.05, 0) is 18.2 Å². The van der Waals surface area contributed by atoms with Gasteiger partial charge in [-0.15, -0.1) is 0 Å². The summed E-state index contributed by atoms with van der Waals surface area (Å²) in [5.74, 6) is 0. The van der Waals surface area contributed by atoms with Gasteiger partial charge < -0.3 is 9.32 Å². The summed E-state index contributed by atoms with van der Waals surface area (Å²) in [5.41, 5.74) is 3.38. The van der Waals surface area contributed by atoms with Gasteiger partial charge >= 0.3 is 0 Å². The second-order valence-corrected chi connectivity index (χ2v) is 4.45. The van der Waals surface area contributed by atoms with E-state index in [4.69, 9.17) is 4.42 Å². The van der Waals surface area contributed by atoms with Crippen LogP contribution in [0.5, 0.6) is 0 Å². The van der Waals surface area contributed by atoms with Crippen LogP contribution >= 0.6 is 0 Å². The molecule has 0 radical (unpaired) electrons. The number of anilines is 1. The molecular weight excluding hydrogens is 222 g/mol. The average molecular weight is 237 g/mol. The lowest BCUT2D eigenvalue weighted by atomic mass is 10.1. The molecule has 0 spiro atoms. The van der Waals surface area contributed by atoms with Crippen molar-refractivity contribution in [2.24, 2.45) is 0 Å². The standard InChI is InChI=1S/C16H15NO/c1-17(14-7-3-2-4-8-14)11-13-12-18-16-10-6-5-9-15(13)16/h2-10,12H,11H2,1H3. The molecule has 0 amide bonds. The van der Waals surface area contributed by atoms with Crippen LogP contribution in [0.25, 0.3) is 11.0 Å². The van der Waals surface area contributed by atoms with Crippen LogP contribution in [0.4, 0.5) is 5.69 Å². The molecule has 2 heteroatoms. The minimum absolute atomic E-state index is 0.848. The molecular formula is C16H15NO. The van der Waals surface area contributed by atoms with Gasteiger partial charge in [0.1, 0.15) is 5.58 Å². The Kier molecular flexibility index (Phi) is 2.77. The predicted octanol–water partition coefficient (Wildman–Crippen LogP) is 4.07. The molecule has 0 N–H and O–H groups in total. The number of benzene rings is 2. The van der Waals surface area contributed by atoms with Crippen LogP contribution in [-0.4, -0.2) is 7.05 Å². The van der Waals surface area contributed by atoms with Gasteiger partial charge in [-0.25, -0.2) is 0 Å². The second-order valence-electron chi connectivity index (χ2n) is 4.45. The Labute approximate surface area is 106 Å². The molecule has 18 heavy (non-hydrogen) atoms. The van der Waals surface area contributed by atoms with Crippen LogP contribution in [0.15, 0.2) is 65.3 Å². The number of hydrogen-bond acceptors (Lipinski definition) is 2. The van der Waals surface area contributed by atoms with E-state index in [9.17, 15) is 0 Å². The van der Waals surface area contributed by atoms with E-state index in [2.05, 4.69) is 42.3 Å². The quantitative estimate of drug-likeness (QED) is 0.682. The molecule has 0 unspecified atom stereocenters. The molecule has 0 aliphatic rings. The van der Waals surface area contributed by atoms with Gasteiger partial charge in [0, 0.05) is 30.2 Å². The third kappa shape index (κ3) is 1.97. The molecule has 0 aliphatic carbocycles. The maximum Gasteiger partial charge on any atom is 0.134 e. The van der Waals surface area contributed by atoms with Crippen molar-refractivity contribution in [1.82, 2.24) is 0 Å². The third-order valence-electron chi connectivity index (χ3n) is 3.17. The maximum absolute atomic E-state index is 5.56. The molecule has 0 atom stereocenters. The van der Waals surface area contributed by atoms with Gasteiger partial charge in [-0.2, -0.15) is 0 Å². The Morgan fingerprint density at radius 2 is 1.67 bits per heavy atom. The fourth-order valence-corrected chi connectivity index (χ4v) is 2.18. The first-order valence-electron chi connectivity index (χ1n) is 6.06. The molecule has 0 aliphatic heterocycles. The fourth-order valence-electron chi connectivity index (χ4n) is 2.18. The predicted molar refractivity (Wildman–Crippen MR) is 74.8 cm³/mol. The zero-order chi connectivity index (χ0) is 12.4. The van der Waals surface area contributed by atoms with E-state index >= 15 is 0 Å².